The van der Waals surface area contributed by atoms with Crippen LogP contribution in [0.15, 0.2) is 42.5 Å². The Morgan fingerprint density at radius 2 is 1.90 bits per heavy atom. The van der Waals surface area contributed by atoms with Crippen molar-refractivity contribution in [3.05, 3.63) is 58.1 Å². The van der Waals surface area contributed by atoms with Gasteiger partial charge in [0.15, 0.2) is 0 Å². The van der Waals surface area contributed by atoms with Crippen LogP contribution in [0, 0.1) is 5.92 Å². The van der Waals surface area contributed by atoms with Crippen molar-refractivity contribution in [3.8, 4) is 0 Å². The van der Waals surface area contributed by atoms with E-state index >= 15 is 0 Å². The second-order valence-electron chi connectivity index (χ2n) is 7.92. The lowest BCUT2D eigenvalue weighted by molar-refractivity contribution is -0.141. The molecule has 30 heavy (non-hydrogen) atoms. The number of para-hydroxylation sites is 1. The number of hydrogen-bond acceptors (Lipinski definition) is 3. The van der Waals surface area contributed by atoms with Crippen molar-refractivity contribution < 1.29 is 14.7 Å². The summed E-state index contributed by atoms with van der Waals surface area (Å²) in [7, 11) is 0. The summed E-state index contributed by atoms with van der Waals surface area (Å²) >= 11 is 12.2. The Labute approximate surface area is 185 Å². The van der Waals surface area contributed by atoms with Crippen molar-refractivity contribution in [2.24, 2.45) is 5.92 Å². The van der Waals surface area contributed by atoms with Gasteiger partial charge in [-0.25, -0.2) is 4.79 Å². The lowest BCUT2D eigenvalue weighted by Crippen LogP contribution is -2.64. The number of aliphatic hydroxyl groups is 1. The largest absolute Gasteiger partial charge is 0.359 e. The van der Waals surface area contributed by atoms with Gasteiger partial charge in [0.25, 0.3) is 11.6 Å². The molecule has 3 N–H and O–H groups in total. The summed E-state index contributed by atoms with van der Waals surface area (Å²) in [5.41, 5.74) is -1.32. The highest BCUT2D eigenvalue weighted by molar-refractivity contribution is 6.42. The van der Waals surface area contributed by atoms with Crippen molar-refractivity contribution in [2.45, 2.75) is 44.4 Å². The molecule has 1 heterocycles. The third kappa shape index (κ3) is 3.53. The second-order valence-corrected chi connectivity index (χ2v) is 8.74. The number of amides is 3. The van der Waals surface area contributed by atoms with Crippen LogP contribution in [0.3, 0.4) is 0 Å². The van der Waals surface area contributed by atoms with Crippen LogP contribution in [0.1, 0.15) is 38.2 Å². The summed E-state index contributed by atoms with van der Waals surface area (Å²) in [6, 6.07) is 10.5. The van der Waals surface area contributed by atoms with E-state index in [9.17, 15) is 14.7 Å². The molecule has 158 valence electrons. The fraction of sp³-hybridized carbons (Fsp3) is 0.364. The minimum absolute atomic E-state index is 0.0666. The minimum atomic E-state index is -2.24. The van der Waals surface area contributed by atoms with Gasteiger partial charge in [-0.05, 0) is 43.0 Å². The van der Waals surface area contributed by atoms with Crippen LogP contribution < -0.4 is 15.5 Å². The first-order valence-electron chi connectivity index (χ1n) is 10.0. The number of carbonyl (C=O) groups excluding carboxylic acids is 2. The van der Waals surface area contributed by atoms with Crippen molar-refractivity contribution >= 4 is 46.5 Å². The number of anilines is 2. The molecule has 0 aromatic heterocycles. The van der Waals surface area contributed by atoms with Gasteiger partial charge in [0, 0.05) is 11.6 Å². The topological polar surface area (TPSA) is 81.7 Å². The molecule has 2 aliphatic rings. The van der Waals surface area contributed by atoms with E-state index in [-0.39, 0.29) is 28.2 Å². The standard InChI is InChI=1S/C22H23Cl2N3O3/c1-13-6-2-4-8-18(13)25-20(28)22(30)15-7-3-5-9-19(15)26-21(29)27(22)14-10-11-16(23)17(24)12-14/h3,5,7,9-13,18,30H,2,4,6,8H2,1H3,(H,25,28)(H,26,29)/t13-,18-,22-/m1/s1. The zero-order valence-corrected chi connectivity index (χ0v) is 18.0. The van der Waals surface area contributed by atoms with Crippen LogP contribution in [0.25, 0.3) is 0 Å². The first-order chi connectivity index (χ1) is 14.3. The van der Waals surface area contributed by atoms with Gasteiger partial charge >= 0.3 is 6.03 Å². The molecule has 0 unspecified atom stereocenters. The second kappa shape index (κ2) is 8.10. The quantitative estimate of drug-likeness (QED) is 0.626. The highest BCUT2D eigenvalue weighted by Gasteiger charge is 2.52. The Balaban J connectivity index is 1.80. The zero-order chi connectivity index (χ0) is 21.5. The molecule has 8 heteroatoms. The van der Waals surface area contributed by atoms with Crippen LogP contribution in [-0.4, -0.2) is 23.1 Å². The van der Waals surface area contributed by atoms with Crippen molar-refractivity contribution in [2.75, 3.05) is 10.2 Å². The summed E-state index contributed by atoms with van der Waals surface area (Å²) in [6.45, 7) is 2.09. The molecular formula is C22H23Cl2N3O3. The number of carbonyl (C=O) groups is 2. The lowest BCUT2D eigenvalue weighted by atomic mass is 9.85. The predicted octanol–water partition coefficient (Wildman–Crippen LogP) is 4.89. The van der Waals surface area contributed by atoms with Crippen LogP contribution >= 0.6 is 23.2 Å². The van der Waals surface area contributed by atoms with Crippen LogP contribution in [0.5, 0.6) is 0 Å². The number of rotatable bonds is 3. The smallest absolute Gasteiger partial charge is 0.329 e. The zero-order valence-electron chi connectivity index (χ0n) is 16.5. The molecule has 0 spiro atoms. The molecule has 0 bridgehead atoms. The first kappa shape index (κ1) is 21.0. The van der Waals surface area contributed by atoms with E-state index in [4.69, 9.17) is 23.2 Å². The number of benzene rings is 2. The van der Waals surface area contributed by atoms with E-state index in [1.807, 2.05) is 0 Å². The van der Waals surface area contributed by atoms with Gasteiger partial charge in [0.2, 0.25) is 0 Å². The monoisotopic (exact) mass is 447 g/mol. The number of nitrogens with one attached hydrogen (secondary N) is 2. The van der Waals surface area contributed by atoms with E-state index < -0.39 is 17.7 Å². The first-order valence-corrected chi connectivity index (χ1v) is 10.8. The normalized spacial score (nSPS) is 26.0. The summed E-state index contributed by atoms with van der Waals surface area (Å²) in [4.78, 5) is 27.6. The van der Waals surface area contributed by atoms with Gasteiger partial charge in [-0.2, -0.15) is 0 Å². The van der Waals surface area contributed by atoms with Gasteiger partial charge in [-0.3, -0.25) is 9.69 Å². The highest BCUT2D eigenvalue weighted by Crippen LogP contribution is 2.41. The molecule has 1 fully saturated rings. The summed E-state index contributed by atoms with van der Waals surface area (Å²) in [5, 5.41) is 18.1. The number of urea groups is 1. The molecule has 1 aliphatic carbocycles. The fourth-order valence-corrected chi connectivity index (χ4v) is 4.58. The van der Waals surface area contributed by atoms with Gasteiger partial charge in [-0.15, -0.1) is 0 Å². The summed E-state index contributed by atoms with van der Waals surface area (Å²) in [6.07, 6.45) is 3.99. The Morgan fingerprint density at radius 1 is 1.17 bits per heavy atom. The van der Waals surface area contributed by atoms with Crippen molar-refractivity contribution in [3.63, 3.8) is 0 Å². The van der Waals surface area contributed by atoms with E-state index in [1.54, 1.807) is 30.3 Å². The number of halogens is 2. The molecule has 0 radical (unpaired) electrons. The van der Waals surface area contributed by atoms with Crippen LogP contribution in [0.4, 0.5) is 16.2 Å². The molecule has 2 aromatic rings. The molecule has 0 saturated heterocycles. The third-order valence-electron chi connectivity index (χ3n) is 5.98. The van der Waals surface area contributed by atoms with Crippen LogP contribution in [0.2, 0.25) is 10.0 Å². The lowest BCUT2D eigenvalue weighted by Gasteiger charge is -2.44. The maximum absolute atomic E-state index is 13.5. The number of hydrogen-bond donors (Lipinski definition) is 3. The summed E-state index contributed by atoms with van der Waals surface area (Å²) < 4.78 is 0. The molecule has 1 aliphatic heterocycles. The highest BCUT2D eigenvalue weighted by atomic mass is 35.5. The SMILES string of the molecule is C[C@@H]1CCCC[C@H]1NC(=O)[C@]1(O)c2ccccc2NC(=O)N1c1ccc(Cl)c(Cl)c1. The Bertz CT molecular complexity index is 999. The molecule has 2 aromatic carbocycles. The van der Waals surface area contributed by atoms with E-state index in [1.165, 1.54) is 12.1 Å². The molecule has 4 rings (SSSR count). The van der Waals surface area contributed by atoms with Gasteiger partial charge < -0.3 is 15.7 Å². The van der Waals surface area contributed by atoms with Crippen molar-refractivity contribution in [1.29, 1.82) is 0 Å². The van der Waals surface area contributed by atoms with Crippen molar-refractivity contribution in [1.82, 2.24) is 5.32 Å². The average molecular weight is 448 g/mol. The Hall–Kier alpha value is -2.28. The third-order valence-corrected chi connectivity index (χ3v) is 6.72. The maximum Gasteiger partial charge on any atom is 0.329 e. The number of fused-ring (bicyclic) bond motifs is 1. The average Bonchev–Trinajstić information content (AvgIpc) is 2.72. The maximum atomic E-state index is 13.5. The number of nitrogens with zero attached hydrogens (tertiary/aromatic N) is 1. The van der Waals surface area contributed by atoms with Gasteiger partial charge in [0.1, 0.15) is 0 Å². The molecule has 3 atom stereocenters. The molecule has 6 nitrogen and oxygen atoms in total. The molecule has 1 saturated carbocycles. The van der Waals surface area contributed by atoms with E-state index in [2.05, 4.69) is 17.6 Å². The summed E-state index contributed by atoms with van der Waals surface area (Å²) in [5.74, 6) is -0.355. The Kier molecular flexibility index (Phi) is 5.66. The van der Waals surface area contributed by atoms with Gasteiger partial charge in [0.05, 0.1) is 21.4 Å². The van der Waals surface area contributed by atoms with E-state index in [0.29, 0.717) is 10.7 Å². The predicted molar refractivity (Wildman–Crippen MR) is 118 cm³/mol. The molecular weight excluding hydrogens is 425 g/mol. The Morgan fingerprint density at radius 3 is 2.63 bits per heavy atom. The molecule has 3 amide bonds. The fourth-order valence-electron chi connectivity index (χ4n) is 4.29. The van der Waals surface area contributed by atoms with E-state index in [0.717, 1.165) is 30.6 Å². The minimum Gasteiger partial charge on any atom is -0.359 e. The van der Waals surface area contributed by atoms with Gasteiger partial charge in [-0.1, -0.05) is 61.2 Å². The van der Waals surface area contributed by atoms with Crippen LogP contribution in [-0.2, 0) is 10.5 Å².